The van der Waals surface area contributed by atoms with Gasteiger partial charge in [0.25, 0.3) is 11.5 Å². The number of nitrogens with zero attached hydrogens (tertiary/aromatic N) is 2. The molecule has 0 aliphatic carbocycles. The second-order valence-electron chi connectivity index (χ2n) is 6.98. The van der Waals surface area contributed by atoms with Gasteiger partial charge in [0, 0.05) is 6.54 Å². The van der Waals surface area contributed by atoms with Gasteiger partial charge in [0.1, 0.15) is 5.75 Å². The summed E-state index contributed by atoms with van der Waals surface area (Å²) in [5, 5.41) is 7.10. The van der Waals surface area contributed by atoms with Gasteiger partial charge in [-0.3, -0.25) is 9.59 Å². The number of hydrogen-bond acceptors (Lipinski definition) is 7. The van der Waals surface area contributed by atoms with Gasteiger partial charge in [0.2, 0.25) is 5.69 Å². The summed E-state index contributed by atoms with van der Waals surface area (Å²) < 4.78 is 16.8. The van der Waals surface area contributed by atoms with Crippen LogP contribution in [0.2, 0.25) is 5.02 Å². The van der Waals surface area contributed by atoms with Gasteiger partial charge in [-0.1, -0.05) is 41.9 Å². The van der Waals surface area contributed by atoms with E-state index in [2.05, 4.69) is 10.4 Å². The molecule has 1 heterocycles. The van der Waals surface area contributed by atoms with Crippen LogP contribution in [-0.2, 0) is 16.0 Å². The summed E-state index contributed by atoms with van der Waals surface area (Å²) in [6.07, 6.45) is 0.555. The van der Waals surface area contributed by atoms with Gasteiger partial charge in [0.05, 0.1) is 30.5 Å². The van der Waals surface area contributed by atoms with Crippen molar-refractivity contribution in [2.75, 3.05) is 26.9 Å². The van der Waals surface area contributed by atoms with E-state index in [1.807, 2.05) is 24.3 Å². The third kappa shape index (κ3) is 6.14. The highest BCUT2D eigenvalue weighted by atomic mass is 35.5. The highest BCUT2D eigenvalue weighted by Crippen LogP contribution is 2.21. The summed E-state index contributed by atoms with van der Waals surface area (Å²) in [6, 6.07) is 15.1. The van der Waals surface area contributed by atoms with Crippen molar-refractivity contribution < 1.29 is 23.8 Å². The molecule has 0 saturated carbocycles. The minimum atomic E-state index is -0.796. The molecule has 1 aromatic heterocycles. The van der Waals surface area contributed by atoms with Crippen LogP contribution in [0.3, 0.4) is 0 Å². The lowest BCUT2D eigenvalue weighted by atomic mass is 10.1. The van der Waals surface area contributed by atoms with Gasteiger partial charge in [-0.15, -0.1) is 0 Å². The molecule has 9 nitrogen and oxygen atoms in total. The molecule has 0 radical (unpaired) electrons. The second kappa shape index (κ2) is 11.9. The molecule has 3 aromatic rings. The molecule has 0 spiro atoms. The number of carbonyl (C=O) groups is 2. The summed E-state index contributed by atoms with van der Waals surface area (Å²) in [5.41, 5.74) is 0.402. The topological polar surface area (TPSA) is 109 Å². The van der Waals surface area contributed by atoms with Crippen LogP contribution in [0.25, 0.3) is 5.69 Å². The Bertz CT molecular complexity index is 1230. The molecule has 0 fully saturated rings. The average Bonchev–Trinajstić information content (AvgIpc) is 2.83. The SMILES string of the molecule is CCOC(=O)c1nn(-c2ccccc2Cl)c(=O)cc1OCC(=O)NCCc1ccccc1OC. The summed E-state index contributed by atoms with van der Waals surface area (Å²) in [5.74, 6) is -0.654. The Hall–Kier alpha value is -3.85. The number of benzene rings is 2. The van der Waals surface area contributed by atoms with Crippen LogP contribution in [0.4, 0.5) is 0 Å². The number of amides is 1. The van der Waals surface area contributed by atoms with Crippen molar-refractivity contribution in [2.24, 2.45) is 0 Å². The predicted molar refractivity (Wildman–Crippen MR) is 126 cm³/mol. The first-order valence-corrected chi connectivity index (χ1v) is 10.9. The molecule has 1 amide bonds. The van der Waals surface area contributed by atoms with E-state index in [4.69, 9.17) is 25.8 Å². The van der Waals surface area contributed by atoms with E-state index in [9.17, 15) is 14.4 Å². The summed E-state index contributed by atoms with van der Waals surface area (Å²) >= 11 is 6.17. The second-order valence-corrected chi connectivity index (χ2v) is 7.39. The standard InChI is InChI=1S/C24H24ClN3O6/c1-3-33-24(31)23-20(14-22(30)28(27-23)18-10-6-5-9-17(18)25)34-15-21(29)26-13-12-16-8-4-7-11-19(16)32-2/h4-11,14H,3,12-13,15H2,1-2H3,(H,26,29). The zero-order valence-electron chi connectivity index (χ0n) is 18.7. The summed E-state index contributed by atoms with van der Waals surface area (Å²) in [6.45, 7) is 1.65. The fourth-order valence-electron chi connectivity index (χ4n) is 3.13. The highest BCUT2D eigenvalue weighted by molar-refractivity contribution is 6.32. The lowest BCUT2D eigenvalue weighted by Crippen LogP contribution is -2.32. The Morgan fingerprint density at radius 1 is 1.09 bits per heavy atom. The van der Waals surface area contributed by atoms with E-state index in [1.54, 1.807) is 38.3 Å². The molecule has 1 N–H and O–H groups in total. The maximum absolute atomic E-state index is 12.7. The number of halogens is 1. The summed E-state index contributed by atoms with van der Waals surface area (Å²) in [4.78, 5) is 37.4. The van der Waals surface area contributed by atoms with Crippen LogP contribution >= 0.6 is 11.6 Å². The van der Waals surface area contributed by atoms with Crippen molar-refractivity contribution in [2.45, 2.75) is 13.3 Å². The Labute approximate surface area is 201 Å². The first-order valence-electron chi connectivity index (χ1n) is 10.5. The molecule has 0 bridgehead atoms. The number of methoxy groups -OCH3 is 1. The smallest absolute Gasteiger partial charge is 0.362 e. The van der Waals surface area contributed by atoms with Gasteiger partial charge in [0.15, 0.2) is 12.4 Å². The Kier molecular flexibility index (Phi) is 8.64. The normalized spacial score (nSPS) is 10.4. The maximum Gasteiger partial charge on any atom is 0.362 e. The van der Waals surface area contributed by atoms with Crippen LogP contribution in [0.5, 0.6) is 11.5 Å². The van der Waals surface area contributed by atoms with Crippen LogP contribution < -0.4 is 20.3 Å². The molecule has 3 rings (SSSR count). The Morgan fingerprint density at radius 3 is 2.56 bits per heavy atom. The van der Waals surface area contributed by atoms with Crippen molar-refractivity contribution in [3.05, 3.63) is 81.2 Å². The van der Waals surface area contributed by atoms with Crippen LogP contribution in [0.1, 0.15) is 23.0 Å². The third-order valence-corrected chi connectivity index (χ3v) is 5.03. The van der Waals surface area contributed by atoms with Gasteiger partial charge >= 0.3 is 5.97 Å². The molecule has 0 unspecified atom stereocenters. The number of hydrogen-bond donors (Lipinski definition) is 1. The first kappa shape index (κ1) is 24.8. The van der Waals surface area contributed by atoms with E-state index in [1.165, 1.54) is 0 Å². The molecule has 10 heteroatoms. The van der Waals surface area contributed by atoms with Crippen molar-refractivity contribution in [1.29, 1.82) is 0 Å². The van der Waals surface area contributed by atoms with Crippen LogP contribution in [0.15, 0.2) is 59.4 Å². The average molecular weight is 486 g/mol. The molecule has 34 heavy (non-hydrogen) atoms. The molecule has 0 aliphatic rings. The van der Waals surface area contributed by atoms with Gasteiger partial charge in [-0.05, 0) is 37.1 Å². The zero-order chi connectivity index (χ0) is 24.5. The van der Waals surface area contributed by atoms with Gasteiger partial charge in [-0.2, -0.15) is 9.78 Å². The first-order chi connectivity index (χ1) is 16.4. The van der Waals surface area contributed by atoms with Crippen molar-refractivity contribution in [1.82, 2.24) is 15.1 Å². The van der Waals surface area contributed by atoms with Crippen LogP contribution in [0, 0.1) is 0 Å². The maximum atomic E-state index is 12.7. The van der Waals surface area contributed by atoms with E-state index >= 15 is 0 Å². The zero-order valence-corrected chi connectivity index (χ0v) is 19.5. The predicted octanol–water partition coefficient (Wildman–Crippen LogP) is 2.81. The monoisotopic (exact) mass is 485 g/mol. The van der Waals surface area contributed by atoms with E-state index in [-0.39, 0.29) is 23.1 Å². The quantitative estimate of drug-likeness (QED) is 0.440. The number of rotatable bonds is 10. The number of carbonyl (C=O) groups excluding carboxylic acids is 2. The number of aromatic nitrogens is 2. The lowest BCUT2D eigenvalue weighted by molar-refractivity contribution is -0.123. The minimum Gasteiger partial charge on any atom is -0.496 e. The lowest BCUT2D eigenvalue weighted by Gasteiger charge is -2.13. The van der Waals surface area contributed by atoms with Crippen molar-refractivity contribution in [3.63, 3.8) is 0 Å². The summed E-state index contributed by atoms with van der Waals surface area (Å²) in [7, 11) is 1.58. The molecular formula is C24H24ClN3O6. The van der Waals surface area contributed by atoms with Gasteiger partial charge in [-0.25, -0.2) is 4.79 Å². The fraction of sp³-hybridized carbons (Fsp3) is 0.250. The number of para-hydroxylation sites is 2. The third-order valence-electron chi connectivity index (χ3n) is 4.71. The van der Waals surface area contributed by atoms with E-state index in [0.717, 1.165) is 22.1 Å². The number of ether oxygens (including phenoxy) is 3. The molecule has 0 saturated heterocycles. The Morgan fingerprint density at radius 2 is 1.82 bits per heavy atom. The van der Waals surface area contributed by atoms with E-state index < -0.39 is 24.0 Å². The van der Waals surface area contributed by atoms with Gasteiger partial charge < -0.3 is 19.5 Å². The van der Waals surface area contributed by atoms with E-state index in [0.29, 0.717) is 18.7 Å². The molecule has 0 aliphatic heterocycles. The van der Waals surface area contributed by atoms with Crippen molar-refractivity contribution >= 4 is 23.5 Å². The van der Waals surface area contributed by atoms with Crippen molar-refractivity contribution in [3.8, 4) is 17.2 Å². The molecular weight excluding hydrogens is 462 g/mol. The largest absolute Gasteiger partial charge is 0.496 e. The minimum absolute atomic E-state index is 0.0919. The molecule has 178 valence electrons. The molecule has 0 atom stereocenters. The number of nitrogens with one attached hydrogen (secondary N) is 1. The molecule has 2 aromatic carbocycles. The number of esters is 1. The van der Waals surface area contributed by atoms with Crippen LogP contribution in [-0.4, -0.2) is 48.5 Å². The fourth-order valence-corrected chi connectivity index (χ4v) is 3.34. The highest BCUT2D eigenvalue weighted by Gasteiger charge is 2.21. The Balaban J connectivity index is 1.72.